The van der Waals surface area contributed by atoms with Crippen molar-refractivity contribution in [3.05, 3.63) is 34.3 Å². The second-order valence-corrected chi connectivity index (χ2v) is 6.05. The van der Waals surface area contributed by atoms with Gasteiger partial charge in [-0.05, 0) is 57.2 Å². The van der Waals surface area contributed by atoms with Gasteiger partial charge in [0.05, 0.1) is 0 Å². The van der Waals surface area contributed by atoms with Gasteiger partial charge in [-0.3, -0.25) is 0 Å². The van der Waals surface area contributed by atoms with E-state index in [1.54, 1.807) is 0 Å². The largest absolute Gasteiger partial charge is 0.317 e. The molecular weight excluding hydrogens is 300 g/mol. The Hall–Kier alpha value is -0.380. The highest BCUT2D eigenvalue weighted by Crippen LogP contribution is 2.13. The van der Waals surface area contributed by atoms with Crippen LogP contribution >= 0.6 is 15.9 Å². The van der Waals surface area contributed by atoms with Gasteiger partial charge in [-0.2, -0.15) is 0 Å². The molecule has 108 valence electrons. The fraction of sp³-hybridized carbons (Fsp3) is 0.625. The van der Waals surface area contributed by atoms with Crippen LogP contribution in [-0.2, 0) is 6.54 Å². The van der Waals surface area contributed by atoms with E-state index in [0.29, 0.717) is 0 Å². The first-order valence-corrected chi connectivity index (χ1v) is 8.15. The van der Waals surface area contributed by atoms with Gasteiger partial charge < -0.3 is 10.2 Å². The Morgan fingerprint density at radius 2 is 1.95 bits per heavy atom. The number of nitrogens with one attached hydrogen (secondary N) is 1. The van der Waals surface area contributed by atoms with Gasteiger partial charge in [-0.1, -0.05) is 47.8 Å². The minimum absolute atomic E-state index is 1.04. The van der Waals surface area contributed by atoms with Crippen molar-refractivity contribution in [1.29, 1.82) is 0 Å². The summed E-state index contributed by atoms with van der Waals surface area (Å²) in [5, 5.41) is 3.37. The molecule has 0 radical (unpaired) electrons. The third-order valence-corrected chi connectivity index (χ3v) is 3.73. The first-order valence-electron chi connectivity index (χ1n) is 7.36. The lowest BCUT2D eigenvalue weighted by molar-refractivity contribution is 0.316. The normalized spacial score (nSPS) is 11.2. The van der Waals surface area contributed by atoms with Crippen LogP contribution in [0.5, 0.6) is 0 Å². The van der Waals surface area contributed by atoms with Crippen molar-refractivity contribution < 1.29 is 0 Å². The van der Waals surface area contributed by atoms with Gasteiger partial charge >= 0.3 is 0 Å². The van der Waals surface area contributed by atoms with Gasteiger partial charge in [-0.25, -0.2) is 0 Å². The average molecular weight is 327 g/mol. The molecule has 1 N–H and O–H groups in total. The number of nitrogens with zero attached hydrogens (tertiary/aromatic N) is 1. The van der Waals surface area contributed by atoms with Crippen molar-refractivity contribution in [2.75, 3.05) is 26.7 Å². The van der Waals surface area contributed by atoms with Crippen molar-refractivity contribution in [1.82, 2.24) is 10.2 Å². The van der Waals surface area contributed by atoms with Crippen LogP contribution in [0.3, 0.4) is 0 Å². The Kier molecular flexibility index (Phi) is 9.14. The maximum atomic E-state index is 3.52. The molecule has 1 aromatic carbocycles. The molecule has 1 aromatic rings. The number of rotatable bonds is 10. The third kappa shape index (κ3) is 8.40. The zero-order valence-corrected chi connectivity index (χ0v) is 13.9. The summed E-state index contributed by atoms with van der Waals surface area (Å²) in [5.41, 5.74) is 1.38. The van der Waals surface area contributed by atoms with E-state index in [9.17, 15) is 0 Å². The average Bonchev–Trinajstić information content (AvgIpc) is 2.37. The molecule has 0 bridgehead atoms. The summed E-state index contributed by atoms with van der Waals surface area (Å²) >= 11 is 3.52. The van der Waals surface area contributed by atoms with Crippen LogP contribution in [-0.4, -0.2) is 31.6 Å². The fourth-order valence-corrected chi connectivity index (χ4v) is 2.63. The molecule has 0 aliphatic heterocycles. The molecule has 0 saturated carbocycles. The molecule has 19 heavy (non-hydrogen) atoms. The van der Waals surface area contributed by atoms with Crippen LogP contribution < -0.4 is 5.32 Å². The van der Waals surface area contributed by atoms with E-state index < -0.39 is 0 Å². The zero-order valence-electron chi connectivity index (χ0n) is 12.3. The Bertz CT molecular complexity index is 341. The molecule has 0 unspecified atom stereocenters. The Labute approximate surface area is 126 Å². The summed E-state index contributed by atoms with van der Waals surface area (Å²) in [4.78, 5) is 2.41. The van der Waals surface area contributed by atoms with Crippen molar-refractivity contribution in [2.45, 2.75) is 39.2 Å². The standard InChI is InChI=1S/C16H27BrN2/c1-3-18-11-6-4-5-7-12-19(2)14-15-9-8-10-16(17)13-15/h8-10,13,18H,3-7,11-12,14H2,1-2H3. The molecule has 0 atom stereocenters. The highest BCUT2D eigenvalue weighted by Gasteiger charge is 2.00. The van der Waals surface area contributed by atoms with Crippen LogP contribution in [0.25, 0.3) is 0 Å². The van der Waals surface area contributed by atoms with Gasteiger partial charge in [0, 0.05) is 11.0 Å². The van der Waals surface area contributed by atoms with E-state index in [0.717, 1.165) is 13.1 Å². The predicted molar refractivity (Wildman–Crippen MR) is 87.5 cm³/mol. The summed E-state index contributed by atoms with van der Waals surface area (Å²) in [5.74, 6) is 0. The highest BCUT2D eigenvalue weighted by molar-refractivity contribution is 9.10. The number of unbranched alkanes of at least 4 members (excludes halogenated alkanes) is 3. The molecule has 0 heterocycles. The minimum atomic E-state index is 1.04. The van der Waals surface area contributed by atoms with Crippen LogP contribution in [0.1, 0.15) is 38.2 Å². The van der Waals surface area contributed by atoms with Gasteiger partial charge in [0.25, 0.3) is 0 Å². The Balaban J connectivity index is 2.06. The molecule has 0 aliphatic carbocycles. The van der Waals surface area contributed by atoms with E-state index in [4.69, 9.17) is 0 Å². The third-order valence-electron chi connectivity index (χ3n) is 3.23. The number of benzene rings is 1. The molecular formula is C16H27BrN2. The lowest BCUT2D eigenvalue weighted by Crippen LogP contribution is -2.19. The van der Waals surface area contributed by atoms with Crippen molar-refractivity contribution in [3.63, 3.8) is 0 Å². The van der Waals surface area contributed by atoms with E-state index in [-0.39, 0.29) is 0 Å². The Morgan fingerprint density at radius 3 is 2.68 bits per heavy atom. The monoisotopic (exact) mass is 326 g/mol. The van der Waals surface area contributed by atoms with Crippen LogP contribution in [0.2, 0.25) is 0 Å². The second-order valence-electron chi connectivity index (χ2n) is 5.14. The number of halogens is 1. The summed E-state index contributed by atoms with van der Waals surface area (Å²) in [6.45, 7) is 6.65. The van der Waals surface area contributed by atoms with Gasteiger partial charge in [0.1, 0.15) is 0 Å². The van der Waals surface area contributed by atoms with Gasteiger partial charge in [0.15, 0.2) is 0 Å². The summed E-state index contributed by atoms with van der Waals surface area (Å²) in [6.07, 6.45) is 5.30. The summed E-state index contributed by atoms with van der Waals surface area (Å²) < 4.78 is 1.17. The maximum Gasteiger partial charge on any atom is 0.0231 e. The lowest BCUT2D eigenvalue weighted by Gasteiger charge is -2.16. The van der Waals surface area contributed by atoms with E-state index in [1.165, 1.54) is 48.8 Å². The molecule has 0 aliphatic rings. The fourth-order valence-electron chi connectivity index (χ4n) is 2.19. The predicted octanol–water partition coefficient (Wildman–Crippen LogP) is 4.05. The molecule has 0 spiro atoms. The first-order chi connectivity index (χ1) is 9.22. The molecule has 0 aromatic heterocycles. The van der Waals surface area contributed by atoms with Crippen LogP contribution in [0, 0.1) is 0 Å². The van der Waals surface area contributed by atoms with Gasteiger partial charge in [-0.15, -0.1) is 0 Å². The number of hydrogen-bond acceptors (Lipinski definition) is 2. The molecule has 1 rings (SSSR count). The summed E-state index contributed by atoms with van der Waals surface area (Å²) in [6, 6.07) is 8.58. The second kappa shape index (κ2) is 10.4. The molecule has 3 heteroatoms. The maximum absolute atomic E-state index is 3.52. The SMILES string of the molecule is CCNCCCCCCN(C)Cc1cccc(Br)c1. The van der Waals surface area contributed by atoms with Crippen molar-refractivity contribution in [3.8, 4) is 0 Å². The van der Waals surface area contributed by atoms with E-state index >= 15 is 0 Å². The van der Waals surface area contributed by atoms with E-state index in [1.807, 2.05) is 0 Å². The zero-order chi connectivity index (χ0) is 13.9. The first kappa shape index (κ1) is 16.7. The van der Waals surface area contributed by atoms with Crippen LogP contribution in [0.4, 0.5) is 0 Å². The van der Waals surface area contributed by atoms with E-state index in [2.05, 4.69) is 64.4 Å². The topological polar surface area (TPSA) is 15.3 Å². The molecule has 0 fully saturated rings. The summed E-state index contributed by atoms with van der Waals surface area (Å²) in [7, 11) is 2.21. The number of hydrogen-bond donors (Lipinski definition) is 1. The van der Waals surface area contributed by atoms with Crippen molar-refractivity contribution in [2.24, 2.45) is 0 Å². The minimum Gasteiger partial charge on any atom is -0.317 e. The molecule has 0 saturated heterocycles. The van der Waals surface area contributed by atoms with Gasteiger partial charge in [0.2, 0.25) is 0 Å². The molecule has 0 amide bonds. The van der Waals surface area contributed by atoms with Crippen LogP contribution in [0.15, 0.2) is 28.7 Å². The molecule has 2 nitrogen and oxygen atoms in total. The Morgan fingerprint density at radius 1 is 1.16 bits per heavy atom. The smallest absolute Gasteiger partial charge is 0.0231 e. The lowest BCUT2D eigenvalue weighted by atomic mass is 10.1. The van der Waals surface area contributed by atoms with Crippen molar-refractivity contribution >= 4 is 15.9 Å². The highest BCUT2D eigenvalue weighted by atomic mass is 79.9. The quantitative estimate of drug-likeness (QED) is 0.652.